The molecule has 0 rings (SSSR count). The highest BCUT2D eigenvalue weighted by Crippen LogP contribution is 2.08. The van der Waals surface area contributed by atoms with E-state index in [9.17, 15) is 0 Å². The molecule has 0 saturated heterocycles. The van der Waals surface area contributed by atoms with Crippen LogP contribution >= 0.6 is 11.8 Å². The summed E-state index contributed by atoms with van der Waals surface area (Å²) in [6, 6.07) is 0. The lowest BCUT2D eigenvalue weighted by Crippen LogP contribution is -2.37. The SMILES string of the molecule is CC(CO)SCCNC(C)(C)C. The Balaban J connectivity index is 3.22. The Morgan fingerprint density at radius 3 is 2.42 bits per heavy atom. The van der Waals surface area contributed by atoms with Gasteiger partial charge >= 0.3 is 0 Å². The smallest absolute Gasteiger partial charge is 0.0547 e. The summed E-state index contributed by atoms with van der Waals surface area (Å²) in [6.45, 7) is 9.81. The summed E-state index contributed by atoms with van der Waals surface area (Å²) in [5.74, 6) is 1.07. The fourth-order valence-electron chi connectivity index (χ4n) is 0.739. The molecule has 0 aliphatic rings. The standard InChI is InChI=1S/C9H21NOS/c1-8(7-11)12-6-5-10-9(2,3)4/h8,10-11H,5-7H2,1-4H3. The van der Waals surface area contributed by atoms with E-state index in [-0.39, 0.29) is 12.1 Å². The molecule has 0 aliphatic heterocycles. The molecular weight excluding hydrogens is 170 g/mol. The van der Waals surface area contributed by atoms with Gasteiger partial charge in [-0.3, -0.25) is 0 Å². The van der Waals surface area contributed by atoms with Crippen LogP contribution in [0.4, 0.5) is 0 Å². The predicted molar refractivity (Wildman–Crippen MR) is 56.8 cm³/mol. The van der Waals surface area contributed by atoms with Crippen LogP contribution in [0.15, 0.2) is 0 Å². The highest BCUT2D eigenvalue weighted by molar-refractivity contribution is 7.99. The van der Waals surface area contributed by atoms with Crippen molar-refractivity contribution in [1.82, 2.24) is 5.32 Å². The lowest BCUT2D eigenvalue weighted by atomic mass is 10.1. The van der Waals surface area contributed by atoms with E-state index in [0.717, 1.165) is 12.3 Å². The zero-order valence-corrected chi connectivity index (χ0v) is 9.37. The molecular formula is C9H21NOS. The van der Waals surface area contributed by atoms with Gasteiger partial charge in [-0.05, 0) is 20.8 Å². The summed E-state index contributed by atoms with van der Waals surface area (Å²) < 4.78 is 0. The molecule has 0 amide bonds. The molecule has 12 heavy (non-hydrogen) atoms. The first kappa shape index (κ1) is 12.3. The zero-order valence-electron chi connectivity index (χ0n) is 8.55. The van der Waals surface area contributed by atoms with Crippen LogP contribution in [0.2, 0.25) is 0 Å². The number of nitrogens with one attached hydrogen (secondary N) is 1. The van der Waals surface area contributed by atoms with E-state index in [1.807, 2.05) is 6.92 Å². The van der Waals surface area contributed by atoms with Crippen LogP contribution in [0.3, 0.4) is 0 Å². The van der Waals surface area contributed by atoms with Crippen molar-refractivity contribution in [1.29, 1.82) is 0 Å². The molecule has 0 heterocycles. The van der Waals surface area contributed by atoms with Gasteiger partial charge in [0.2, 0.25) is 0 Å². The van der Waals surface area contributed by atoms with E-state index >= 15 is 0 Å². The van der Waals surface area contributed by atoms with Crippen LogP contribution in [0.5, 0.6) is 0 Å². The minimum atomic E-state index is 0.211. The molecule has 1 unspecified atom stereocenters. The predicted octanol–water partition coefficient (Wildman–Crippen LogP) is 1.49. The van der Waals surface area contributed by atoms with E-state index in [2.05, 4.69) is 26.1 Å². The minimum absolute atomic E-state index is 0.211. The molecule has 74 valence electrons. The third kappa shape index (κ3) is 8.37. The maximum atomic E-state index is 8.75. The van der Waals surface area contributed by atoms with E-state index in [0.29, 0.717) is 5.25 Å². The van der Waals surface area contributed by atoms with Crippen LogP contribution in [0.25, 0.3) is 0 Å². The highest BCUT2D eigenvalue weighted by Gasteiger charge is 2.07. The lowest BCUT2D eigenvalue weighted by molar-refractivity contribution is 0.300. The molecule has 1 atom stereocenters. The Labute approximate surface area is 80.1 Å². The summed E-state index contributed by atoms with van der Waals surface area (Å²) in [5, 5.41) is 12.5. The topological polar surface area (TPSA) is 32.3 Å². The Hall–Kier alpha value is 0.270. The second-order valence-electron chi connectivity index (χ2n) is 4.04. The Bertz CT molecular complexity index is 112. The molecule has 0 bridgehead atoms. The average Bonchev–Trinajstić information content (AvgIpc) is 1.96. The Morgan fingerprint density at radius 1 is 1.42 bits per heavy atom. The van der Waals surface area contributed by atoms with E-state index in [1.54, 1.807) is 11.8 Å². The molecule has 0 aromatic heterocycles. The van der Waals surface area contributed by atoms with Crippen molar-refractivity contribution in [3.05, 3.63) is 0 Å². The second-order valence-corrected chi connectivity index (χ2v) is 5.59. The number of hydrogen-bond donors (Lipinski definition) is 2. The minimum Gasteiger partial charge on any atom is -0.395 e. The average molecular weight is 191 g/mol. The van der Waals surface area contributed by atoms with Gasteiger partial charge in [0.25, 0.3) is 0 Å². The molecule has 3 heteroatoms. The zero-order chi connectivity index (χ0) is 9.61. The van der Waals surface area contributed by atoms with Gasteiger partial charge in [0.15, 0.2) is 0 Å². The maximum Gasteiger partial charge on any atom is 0.0547 e. The molecule has 0 aliphatic carbocycles. The van der Waals surface area contributed by atoms with Gasteiger partial charge in [0.1, 0.15) is 0 Å². The number of aliphatic hydroxyl groups excluding tert-OH is 1. The van der Waals surface area contributed by atoms with Crippen LogP contribution < -0.4 is 5.32 Å². The quantitative estimate of drug-likeness (QED) is 0.646. The fraction of sp³-hybridized carbons (Fsp3) is 1.00. The van der Waals surface area contributed by atoms with E-state index < -0.39 is 0 Å². The first-order valence-electron chi connectivity index (χ1n) is 4.43. The van der Waals surface area contributed by atoms with Gasteiger partial charge in [-0.2, -0.15) is 11.8 Å². The van der Waals surface area contributed by atoms with Gasteiger partial charge in [-0.1, -0.05) is 6.92 Å². The number of thioether (sulfide) groups is 1. The van der Waals surface area contributed by atoms with Gasteiger partial charge in [0.05, 0.1) is 6.61 Å². The monoisotopic (exact) mass is 191 g/mol. The highest BCUT2D eigenvalue weighted by atomic mass is 32.2. The number of rotatable bonds is 5. The van der Waals surface area contributed by atoms with Crippen molar-refractivity contribution in [3.63, 3.8) is 0 Å². The summed E-state index contributed by atoms with van der Waals surface area (Å²) in [4.78, 5) is 0. The summed E-state index contributed by atoms with van der Waals surface area (Å²) in [5.41, 5.74) is 0.211. The molecule has 2 N–H and O–H groups in total. The van der Waals surface area contributed by atoms with Gasteiger partial charge in [-0.25, -0.2) is 0 Å². The largest absolute Gasteiger partial charge is 0.395 e. The van der Waals surface area contributed by atoms with E-state index in [1.165, 1.54) is 0 Å². The van der Waals surface area contributed by atoms with Crippen LogP contribution in [0.1, 0.15) is 27.7 Å². The van der Waals surface area contributed by atoms with Gasteiger partial charge < -0.3 is 10.4 Å². The van der Waals surface area contributed by atoms with Crippen molar-refractivity contribution in [2.45, 2.75) is 38.5 Å². The Kier molecular flexibility index (Phi) is 5.97. The molecule has 2 nitrogen and oxygen atoms in total. The second kappa shape index (κ2) is 5.84. The third-order valence-corrected chi connectivity index (χ3v) is 2.57. The van der Waals surface area contributed by atoms with Crippen molar-refractivity contribution < 1.29 is 5.11 Å². The van der Waals surface area contributed by atoms with Gasteiger partial charge in [0, 0.05) is 23.1 Å². The molecule has 0 saturated carbocycles. The Morgan fingerprint density at radius 2 is 2.00 bits per heavy atom. The lowest BCUT2D eigenvalue weighted by Gasteiger charge is -2.20. The molecule has 0 fully saturated rings. The summed E-state index contributed by atoms with van der Waals surface area (Å²) >= 11 is 1.80. The first-order valence-corrected chi connectivity index (χ1v) is 5.48. The van der Waals surface area contributed by atoms with E-state index in [4.69, 9.17) is 5.11 Å². The maximum absolute atomic E-state index is 8.75. The molecule has 0 aromatic carbocycles. The third-order valence-electron chi connectivity index (χ3n) is 1.42. The normalized spacial score (nSPS) is 14.8. The van der Waals surface area contributed by atoms with Crippen molar-refractivity contribution in [3.8, 4) is 0 Å². The van der Waals surface area contributed by atoms with Crippen LogP contribution in [-0.2, 0) is 0 Å². The molecule has 0 aromatic rings. The first-order chi connectivity index (χ1) is 5.45. The van der Waals surface area contributed by atoms with Crippen molar-refractivity contribution >= 4 is 11.8 Å². The number of aliphatic hydroxyl groups is 1. The fourth-order valence-corrected chi connectivity index (χ4v) is 1.47. The molecule has 0 radical (unpaired) electrons. The molecule has 0 spiro atoms. The van der Waals surface area contributed by atoms with Crippen molar-refractivity contribution in [2.24, 2.45) is 0 Å². The van der Waals surface area contributed by atoms with Crippen LogP contribution in [-0.4, -0.2) is 34.8 Å². The van der Waals surface area contributed by atoms with Crippen molar-refractivity contribution in [2.75, 3.05) is 18.9 Å². The summed E-state index contributed by atoms with van der Waals surface area (Å²) in [7, 11) is 0. The van der Waals surface area contributed by atoms with Gasteiger partial charge in [-0.15, -0.1) is 0 Å². The summed E-state index contributed by atoms with van der Waals surface area (Å²) in [6.07, 6.45) is 0. The number of hydrogen-bond acceptors (Lipinski definition) is 3. The van der Waals surface area contributed by atoms with Crippen LogP contribution in [0, 0.1) is 0 Å².